The van der Waals surface area contributed by atoms with Crippen molar-refractivity contribution in [1.29, 1.82) is 0 Å². The van der Waals surface area contributed by atoms with Crippen molar-refractivity contribution in [2.75, 3.05) is 18.0 Å². The summed E-state index contributed by atoms with van der Waals surface area (Å²) in [5, 5.41) is 8.97. The zero-order chi connectivity index (χ0) is 21.4. The molecule has 5 rings (SSSR count). The first-order valence-corrected chi connectivity index (χ1v) is 10.3. The number of nitrogens with zero attached hydrogens (tertiary/aromatic N) is 6. The smallest absolute Gasteiger partial charge is 0.331 e. The molecule has 1 saturated heterocycles. The van der Waals surface area contributed by atoms with Gasteiger partial charge in [-0.25, -0.2) is 14.6 Å². The Morgan fingerprint density at radius 3 is 2.52 bits per heavy atom. The van der Waals surface area contributed by atoms with Crippen molar-refractivity contribution in [3.05, 3.63) is 83.0 Å². The molecule has 4 aromatic rings. The molecule has 1 aliphatic rings. The molecule has 3 heterocycles. The number of halogens is 3. The van der Waals surface area contributed by atoms with Gasteiger partial charge in [0.25, 0.3) is 0 Å². The largest absolute Gasteiger partial charge is 0.354 e. The lowest BCUT2D eigenvalue weighted by Crippen LogP contribution is -2.25. The molecule has 0 aliphatic carbocycles. The molecule has 0 unspecified atom stereocenters. The van der Waals surface area contributed by atoms with Crippen LogP contribution in [0.3, 0.4) is 0 Å². The van der Waals surface area contributed by atoms with Crippen molar-refractivity contribution in [3.8, 4) is 0 Å². The van der Waals surface area contributed by atoms with Crippen LogP contribution in [-0.4, -0.2) is 38.1 Å². The molecule has 0 amide bonds. The van der Waals surface area contributed by atoms with Crippen LogP contribution < -0.4 is 4.90 Å². The normalized spacial score (nSPS) is 14.5. The second-order valence-corrected chi connectivity index (χ2v) is 7.75. The van der Waals surface area contributed by atoms with Crippen LogP contribution in [0.25, 0.3) is 11.2 Å². The number of alkyl halides is 2. The summed E-state index contributed by atoms with van der Waals surface area (Å²) in [7, 11) is 0. The lowest BCUT2D eigenvalue weighted by molar-refractivity contribution is 0.0332. The lowest BCUT2D eigenvalue weighted by Gasteiger charge is -2.20. The van der Waals surface area contributed by atoms with Crippen LogP contribution in [0.4, 0.5) is 14.6 Å². The molecule has 2 aromatic carbocycles. The number of benzene rings is 2. The van der Waals surface area contributed by atoms with E-state index < -0.39 is 11.7 Å². The zero-order valence-electron chi connectivity index (χ0n) is 16.4. The molecule has 1 radical (unpaired) electrons. The number of rotatable bonds is 5. The van der Waals surface area contributed by atoms with Crippen molar-refractivity contribution >= 4 is 28.6 Å². The van der Waals surface area contributed by atoms with Crippen molar-refractivity contribution < 1.29 is 8.78 Å². The number of fused-ring (bicyclic) bond motifs is 1. The van der Waals surface area contributed by atoms with E-state index in [4.69, 9.17) is 11.6 Å². The van der Waals surface area contributed by atoms with Crippen molar-refractivity contribution in [2.45, 2.75) is 18.9 Å². The van der Waals surface area contributed by atoms with E-state index in [0.29, 0.717) is 29.4 Å². The van der Waals surface area contributed by atoms with Crippen molar-refractivity contribution in [3.63, 3.8) is 0 Å². The molecular formula is C22H18ClF2N6. The van der Waals surface area contributed by atoms with Gasteiger partial charge < -0.3 is 4.90 Å². The highest BCUT2D eigenvalue weighted by atomic mass is 35.5. The molecule has 157 valence electrons. The van der Waals surface area contributed by atoms with E-state index in [1.165, 1.54) is 16.8 Å². The highest BCUT2D eigenvalue weighted by molar-refractivity contribution is 6.31. The molecule has 0 N–H and O–H groups in total. The van der Waals surface area contributed by atoms with Crippen molar-refractivity contribution in [1.82, 2.24) is 25.0 Å². The van der Waals surface area contributed by atoms with Crippen LogP contribution >= 0.6 is 11.6 Å². The zero-order valence-corrected chi connectivity index (χ0v) is 17.2. The first-order valence-electron chi connectivity index (χ1n) is 9.89. The van der Waals surface area contributed by atoms with Gasteiger partial charge in [0.05, 0.1) is 6.54 Å². The van der Waals surface area contributed by atoms with Gasteiger partial charge in [0, 0.05) is 23.7 Å². The number of hydrogen-bond donors (Lipinski definition) is 0. The van der Waals surface area contributed by atoms with Gasteiger partial charge in [0.15, 0.2) is 17.0 Å². The van der Waals surface area contributed by atoms with Gasteiger partial charge in [-0.1, -0.05) is 65.3 Å². The Kier molecular flexibility index (Phi) is 5.02. The summed E-state index contributed by atoms with van der Waals surface area (Å²) < 4.78 is 32.3. The van der Waals surface area contributed by atoms with Crippen LogP contribution in [0, 0.1) is 6.42 Å². The van der Waals surface area contributed by atoms with Crippen LogP contribution in [0.5, 0.6) is 0 Å². The second-order valence-electron chi connectivity index (χ2n) is 7.35. The Morgan fingerprint density at radius 2 is 1.77 bits per heavy atom. The highest BCUT2D eigenvalue weighted by Gasteiger charge is 2.39. The Labute approximate surface area is 182 Å². The fraction of sp³-hybridized carbons (Fsp3) is 0.227. The van der Waals surface area contributed by atoms with Gasteiger partial charge in [-0.15, -0.1) is 5.10 Å². The molecule has 0 bridgehead atoms. The summed E-state index contributed by atoms with van der Waals surface area (Å²) >= 11 is 6.28. The molecule has 0 spiro atoms. The molecule has 0 atom stereocenters. The average Bonchev–Trinajstić information content (AvgIpc) is 3.46. The highest BCUT2D eigenvalue weighted by Crippen LogP contribution is 2.36. The minimum atomic E-state index is -3.37. The Hall–Kier alpha value is -3.13. The first kappa shape index (κ1) is 19.8. The van der Waals surface area contributed by atoms with Gasteiger partial charge in [-0.05, 0) is 24.5 Å². The maximum Gasteiger partial charge on any atom is 0.331 e. The molecule has 1 aliphatic heterocycles. The Bertz CT molecular complexity index is 1220. The molecule has 0 saturated carbocycles. The van der Waals surface area contributed by atoms with Crippen molar-refractivity contribution in [2.24, 2.45) is 0 Å². The molecule has 1 fully saturated rings. The molecule has 31 heavy (non-hydrogen) atoms. The summed E-state index contributed by atoms with van der Waals surface area (Å²) in [6.07, 6.45) is 2.93. The van der Waals surface area contributed by atoms with Gasteiger partial charge in [-0.2, -0.15) is 8.78 Å². The summed E-state index contributed by atoms with van der Waals surface area (Å²) in [5.41, 5.74) is 1.28. The average molecular weight is 440 g/mol. The van der Waals surface area contributed by atoms with E-state index in [2.05, 4.69) is 26.7 Å². The van der Waals surface area contributed by atoms with Gasteiger partial charge in [0.2, 0.25) is 5.82 Å². The topological polar surface area (TPSA) is 59.7 Å². The maximum atomic E-state index is 15.4. The molecule has 6 nitrogen and oxygen atoms in total. The monoisotopic (exact) mass is 439 g/mol. The predicted octanol–water partition coefficient (Wildman–Crippen LogP) is 4.48. The van der Waals surface area contributed by atoms with E-state index in [9.17, 15) is 0 Å². The van der Waals surface area contributed by atoms with Crippen LogP contribution in [0.15, 0.2) is 54.6 Å². The van der Waals surface area contributed by atoms with Gasteiger partial charge in [-0.3, -0.25) is 0 Å². The summed E-state index contributed by atoms with van der Waals surface area (Å²) in [6, 6.07) is 14.9. The standard InChI is InChI=1S/C22H18ClF2N6/c23-17-11-5-4-8-15(17)14-31-20-18(28-29-31)19(30-12-6-7-13-30)26-21(27-20)22(24,25)16-9-2-1-3-10-16/h1-6,8-11H,7,12-14H2. The fourth-order valence-corrected chi connectivity index (χ4v) is 3.85. The summed E-state index contributed by atoms with van der Waals surface area (Å²) in [5.74, 6) is -3.57. The fourth-order valence-electron chi connectivity index (χ4n) is 3.65. The summed E-state index contributed by atoms with van der Waals surface area (Å²) in [4.78, 5) is 10.4. The van der Waals surface area contributed by atoms with E-state index in [-0.39, 0.29) is 17.8 Å². The molecule has 9 heteroatoms. The van der Waals surface area contributed by atoms with E-state index >= 15 is 8.78 Å². The Morgan fingerprint density at radius 1 is 1.00 bits per heavy atom. The third kappa shape index (κ3) is 3.61. The van der Waals surface area contributed by atoms with Gasteiger partial charge >= 0.3 is 5.92 Å². The number of hydrogen-bond acceptors (Lipinski definition) is 5. The third-order valence-corrected chi connectivity index (χ3v) is 5.66. The van der Waals surface area contributed by atoms with Gasteiger partial charge in [0.1, 0.15) is 0 Å². The third-order valence-electron chi connectivity index (χ3n) is 5.29. The molecular weight excluding hydrogens is 422 g/mol. The van der Waals surface area contributed by atoms with Crippen LogP contribution in [0.1, 0.15) is 23.4 Å². The quantitative estimate of drug-likeness (QED) is 0.459. The number of aromatic nitrogens is 5. The van der Waals surface area contributed by atoms with Crippen LogP contribution in [-0.2, 0) is 12.5 Å². The maximum absolute atomic E-state index is 15.4. The SMILES string of the molecule is FC(F)(c1ccccc1)c1nc(N2C[CH]CC2)c2nnn(Cc3ccccc3Cl)c2n1. The minimum absolute atomic E-state index is 0.168. The minimum Gasteiger partial charge on any atom is -0.354 e. The summed E-state index contributed by atoms with van der Waals surface area (Å²) in [6.45, 7) is 1.55. The predicted molar refractivity (Wildman–Crippen MR) is 114 cm³/mol. The van der Waals surface area contributed by atoms with E-state index in [1.807, 2.05) is 23.1 Å². The number of anilines is 1. The van der Waals surface area contributed by atoms with Crippen LogP contribution in [0.2, 0.25) is 5.02 Å². The van der Waals surface area contributed by atoms with E-state index in [0.717, 1.165) is 12.0 Å². The lowest BCUT2D eigenvalue weighted by atomic mass is 10.1. The Balaban J connectivity index is 1.67. The first-order chi connectivity index (χ1) is 15.0. The van der Waals surface area contributed by atoms with E-state index in [1.54, 1.807) is 24.3 Å². The second kappa shape index (κ2) is 7.85. The molecule has 2 aromatic heterocycles.